The summed E-state index contributed by atoms with van der Waals surface area (Å²) in [6.45, 7) is -1.03. The zero-order valence-electron chi connectivity index (χ0n) is 12.7. The molecule has 7 atom stereocenters. The quantitative estimate of drug-likeness (QED) is 0.298. The highest BCUT2D eigenvalue weighted by Crippen LogP contribution is 2.24. The predicted molar refractivity (Wildman–Crippen MR) is 78.8 cm³/mol. The molecule has 0 aliphatic carbocycles. The summed E-state index contributed by atoms with van der Waals surface area (Å²) in [5, 5.41) is 67.4. The molecule has 1 aliphatic heterocycles. The molecule has 136 valence electrons. The van der Waals surface area contributed by atoms with Crippen LogP contribution in [-0.4, -0.2) is 85.8 Å². The number of aliphatic hydroxyl groups is 6. The molecule has 1 aromatic carbocycles. The molecule has 1 fully saturated rings. The average Bonchev–Trinajstić information content (AvgIpc) is 2.59. The van der Waals surface area contributed by atoms with Gasteiger partial charge >= 0.3 is 0 Å². The van der Waals surface area contributed by atoms with Crippen LogP contribution in [0.25, 0.3) is 0 Å². The Labute approximate surface area is 137 Å². The first-order chi connectivity index (χ1) is 11.3. The van der Waals surface area contributed by atoms with Crippen LogP contribution in [0.5, 0.6) is 5.75 Å². The number of aliphatic hydroxyl groups excluding tert-OH is 6. The van der Waals surface area contributed by atoms with Gasteiger partial charge in [-0.25, -0.2) is 0 Å². The summed E-state index contributed by atoms with van der Waals surface area (Å²) in [7, 11) is 0. The van der Waals surface area contributed by atoms with Gasteiger partial charge in [0.15, 0.2) is 6.29 Å². The summed E-state index contributed by atoms with van der Waals surface area (Å²) in [6, 6.07) is 5.56. The fourth-order valence-electron chi connectivity index (χ4n) is 2.38. The lowest BCUT2D eigenvalue weighted by atomic mass is 9.99. The zero-order valence-corrected chi connectivity index (χ0v) is 12.7. The van der Waals surface area contributed by atoms with Crippen LogP contribution in [0.15, 0.2) is 24.3 Å². The van der Waals surface area contributed by atoms with Crippen LogP contribution in [0.3, 0.4) is 0 Å². The van der Waals surface area contributed by atoms with Gasteiger partial charge in [-0.1, -0.05) is 12.1 Å². The van der Waals surface area contributed by atoms with Crippen molar-refractivity contribution in [2.24, 2.45) is 0 Å². The molecule has 0 amide bonds. The number of aromatic hydroxyl groups is 1. The molecule has 2 rings (SSSR count). The van der Waals surface area contributed by atoms with Crippen molar-refractivity contribution in [2.45, 2.75) is 42.9 Å². The highest BCUT2D eigenvalue weighted by molar-refractivity contribution is 5.27. The van der Waals surface area contributed by atoms with Crippen molar-refractivity contribution in [1.29, 1.82) is 0 Å². The monoisotopic (exact) mass is 346 g/mol. The van der Waals surface area contributed by atoms with Crippen molar-refractivity contribution < 1.29 is 45.2 Å². The molecule has 0 spiro atoms. The minimum atomic E-state index is -1.58. The summed E-state index contributed by atoms with van der Waals surface area (Å²) in [4.78, 5) is 0. The lowest BCUT2D eigenvalue weighted by Crippen LogP contribution is -2.59. The maximum atomic E-state index is 10.0. The van der Waals surface area contributed by atoms with Crippen LogP contribution in [0, 0.1) is 0 Å². The number of hydrogen-bond donors (Lipinski definition) is 7. The molecule has 1 aliphatic rings. The number of hydrogen-bond acceptors (Lipinski definition) is 9. The minimum absolute atomic E-state index is 0.0120. The van der Waals surface area contributed by atoms with Gasteiger partial charge in [-0.05, 0) is 17.7 Å². The van der Waals surface area contributed by atoms with Crippen LogP contribution in [0.1, 0.15) is 11.7 Å². The van der Waals surface area contributed by atoms with Crippen LogP contribution in [-0.2, 0) is 9.47 Å². The van der Waals surface area contributed by atoms with E-state index in [9.17, 15) is 30.6 Å². The first-order valence-electron chi connectivity index (χ1n) is 7.42. The molecular formula is C15H22O9. The van der Waals surface area contributed by atoms with Crippen molar-refractivity contribution in [3.05, 3.63) is 29.8 Å². The Morgan fingerprint density at radius 1 is 1.00 bits per heavy atom. The Kier molecular flexibility index (Phi) is 6.49. The van der Waals surface area contributed by atoms with Gasteiger partial charge in [0.1, 0.15) is 42.4 Å². The van der Waals surface area contributed by atoms with E-state index in [1.165, 1.54) is 24.3 Å². The summed E-state index contributed by atoms with van der Waals surface area (Å²) in [6.07, 6.45) is -9.86. The molecule has 0 aromatic heterocycles. The smallest absolute Gasteiger partial charge is 0.186 e. The van der Waals surface area contributed by atoms with Crippen molar-refractivity contribution in [1.82, 2.24) is 0 Å². The Morgan fingerprint density at radius 3 is 2.21 bits per heavy atom. The maximum absolute atomic E-state index is 10.0. The normalized spacial score (nSPS) is 33.2. The van der Waals surface area contributed by atoms with E-state index in [4.69, 9.17) is 14.6 Å². The van der Waals surface area contributed by atoms with Gasteiger partial charge in [0.2, 0.25) is 0 Å². The molecule has 1 heterocycles. The van der Waals surface area contributed by atoms with Crippen LogP contribution in [0.2, 0.25) is 0 Å². The highest BCUT2D eigenvalue weighted by Gasteiger charge is 2.44. The lowest BCUT2D eigenvalue weighted by molar-refractivity contribution is -0.306. The predicted octanol–water partition coefficient (Wildman–Crippen LogP) is -2.40. The SMILES string of the molecule is OC[C@H]1O[C@@H](OCC(O)C(O)c2ccc(O)cc2)[C@H](O)[C@@H](O)[C@@H]1O. The molecule has 2 unspecified atom stereocenters. The first kappa shape index (κ1) is 19.0. The fraction of sp³-hybridized carbons (Fsp3) is 0.600. The van der Waals surface area contributed by atoms with E-state index in [1.807, 2.05) is 0 Å². The molecule has 0 radical (unpaired) electrons. The lowest BCUT2D eigenvalue weighted by Gasteiger charge is -2.39. The molecule has 0 saturated carbocycles. The summed E-state index contributed by atoms with van der Waals surface area (Å²) >= 11 is 0. The van der Waals surface area contributed by atoms with Crippen LogP contribution >= 0.6 is 0 Å². The molecule has 0 bridgehead atoms. The molecule has 1 aromatic rings. The third-order valence-corrected chi connectivity index (χ3v) is 3.88. The molecule has 24 heavy (non-hydrogen) atoms. The van der Waals surface area contributed by atoms with Gasteiger partial charge in [-0.15, -0.1) is 0 Å². The molecule has 9 heteroatoms. The van der Waals surface area contributed by atoms with E-state index in [-0.39, 0.29) is 5.75 Å². The molecule has 7 N–H and O–H groups in total. The number of phenols is 1. The maximum Gasteiger partial charge on any atom is 0.186 e. The van der Waals surface area contributed by atoms with Gasteiger partial charge in [0, 0.05) is 0 Å². The van der Waals surface area contributed by atoms with Gasteiger partial charge < -0.3 is 45.2 Å². The number of ether oxygens (including phenoxy) is 2. The van der Waals surface area contributed by atoms with Crippen molar-refractivity contribution >= 4 is 0 Å². The Morgan fingerprint density at radius 2 is 1.62 bits per heavy atom. The number of phenolic OH excluding ortho intramolecular Hbond substituents is 1. The number of benzene rings is 1. The van der Waals surface area contributed by atoms with Gasteiger partial charge in [-0.2, -0.15) is 0 Å². The largest absolute Gasteiger partial charge is 0.508 e. The van der Waals surface area contributed by atoms with Crippen molar-refractivity contribution in [3.8, 4) is 5.75 Å². The van der Waals surface area contributed by atoms with E-state index >= 15 is 0 Å². The van der Waals surface area contributed by atoms with Crippen LogP contribution in [0.4, 0.5) is 0 Å². The average molecular weight is 346 g/mol. The highest BCUT2D eigenvalue weighted by atomic mass is 16.7. The topological polar surface area (TPSA) is 160 Å². The van der Waals surface area contributed by atoms with Crippen LogP contribution < -0.4 is 0 Å². The second kappa shape index (κ2) is 8.19. The second-order valence-corrected chi connectivity index (χ2v) is 5.63. The van der Waals surface area contributed by atoms with E-state index in [1.54, 1.807) is 0 Å². The third-order valence-electron chi connectivity index (χ3n) is 3.88. The van der Waals surface area contributed by atoms with E-state index in [2.05, 4.69) is 0 Å². The minimum Gasteiger partial charge on any atom is -0.508 e. The van der Waals surface area contributed by atoms with Crippen molar-refractivity contribution in [2.75, 3.05) is 13.2 Å². The van der Waals surface area contributed by atoms with E-state index < -0.39 is 56.1 Å². The second-order valence-electron chi connectivity index (χ2n) is 5.63. The molecule has 9 nitrogen and oxygen atoms in total. The Bertz CT molecular complexity index is 506. The summed E-state index contributed by atoms with van der Waals surface area (Å²) < 4.78 is 10.3. The Balaban J connectivity index is 1.92. The van der Waals surface area contributed by atoms with Gasteiger partial charge in [0.25, 0.3) is 0 Å². The summed E-state index contributed by atoms with van der Waals surface area (Å²) in [5.74, 6) is 0.0120. The summed E-state index contributed by atoms with van der Waals surface area (Å²) in [5.41, 5.74) is 0.345. The van der Waals surface area contributed by atoms with Gasteiger partial charge in [0.05, 0.1) is 13.2 Å². The molecular weight excluding hydrogens is 324 g/mol. The number of rotatable bonds is 6. The van der Waals surface area contributed by atoms with E-state index in [0.29, 0.717) is 5.56 Å². The fourth-order valence-corrected chi connectivity index (χ4v) is 2.38. The van der Waals surface area contributed by atoms with Crippen molar-refractivity contribution in [3.63, 3.8) is 0 Å². The molecule has 1 saturated heterocycles. The van der Waals surface area contributed by atoms with Gasteiger partial charge in [-0.3, -0.25) is 0 Å². The Hall–Kier alpha value is -1.30. The zero-order chi connectivity index (χ0) is 17.9. The third kappa shape index (κ3) is 4.21. The first-order valence-corrected chi connectivity index (χ1v) is 7.42. The standard InChI is InChI=1S/C15H22O9/c16-5-10-12(20)13(21)14(22)15(24-10)23-6-9(18)11(19)7-1-3-8(17)4-2-7/h1-4,9-22H,5-6H2/t9?,10-,11?,12-,13+,14-,15-/m1/s1. The van der Waals surface area contributed by atoms with E-state index in [0.717, 1.165) is 0 Å².